The standard InChI is InChI=1S/C9H5F7O2/c10-7(11)5-2-1-4(17-8(12)13)3-6(5)18-9(14,15)16/h1-3,7-8H. The molecule has 0 atom stereocenters. The van der Waals surface area contributed by atoms with Gasteiger partial charge in [-0.3, -0.25) is 0 Å². The molecule has 1 aromatic rings. The molecule has 0 N–H and O–H groups in total. The second-order valence-corrected chi connectivity index (χ2v) is 2.93. The molecule has 0 aromatic heterocycles. The molecule has 1 aromatic carbocycles. The average Bonchev–Trinajstić information content (AvgIpc) is 2.13. The first-order chi connectivity index (χ1) is 8.19. The normalized spacial score (nSPS) is 12.1. The first kappa shape index (κ1) is 14.4. The van der Waals surface area contributed by atoms with Crippen LogP contribution in [0, 0.1) is 0 Å². The summed E-state index contributed by atoms with van der Waals surface area (Å²) >= 11 is 0. The Bertz CT molecular complexity index is 402. The minimum Gasteiger partial charge on any atom is -0.435 e. The molecule has 0 saturated carbocycles. The summed E-state index contributed by atoms with van der Waals surface area (Å²) < 4.78 is 91.2. The molecule has 0 unspecified atom stereocenters. The summed E-state index contributed by atoms with van der Waals surface area (Å²) in [6.07, 6.45) is -8.46. The summed E-state index contributed by atoms with van der Waals surface area (Å²) in [6.45, 7) is -3.29. The number of hydrogen-bond donors (Lipinski definition) is 0. The summed E-state index contributed by atoms with van der Waals surface area (Å²) in [5.41, 5.74) is -1.08. The Morgan fingerprint density at radius 3 is 2.06 bits per heavy atom. The van der Waals surface area contributed by atoms with Crippen LogP contribution >= 0.6 is 0 Å². The van der Waals surface area contributed by atoms with Gasteiger partial charge in [-0.05, 0) is 12.1 Å². The predicted molar refractivity (Wildman–Crippen MR) is 44.7 cm³/mol. The lowest BCUT2D eigenvalue weighted by Gasteiger charge is -2.14. The Balaban J connectivity index is 3.07. The molecule has 1 rings (SSSR count). The van der Waals surface area contributed by atoms with E-state index in [0.29, 0.717) is 18.2 Å². The molecule has 102 valence electrons. The van der Waals surface area contributed by atoms with Gasteiger partial charge in [0.25, 0.3) is 6.43 Å². The fraction of sp³-hybridized carbons (Fsp3) is 0.333. The van der Waals surface area contributed by atoms with E-state index in [1.807, 2.05) is 0 Å². The van der Waals surface area contributed by atoms with E-state index in [-0.39, 0.29) is 0 Å². The van der Waals surface area contributed by atoms with Crippen LogP contribution in [0.25, 0.3) is 0 Å². The minimum atomic E-state index is -5.22. The van der Waals surface area contributed by atoms with E-state index in [2.05, 4.69) is 9.47 Å². The summed E-state index contributed by atoms with van der Waals surface area (Å²) in [5, 5.41) is 0. The molecular formula is C9H5F7O2. The minimum absolute atomic E-state index is 0.321. The Morgan fingerprint density at radius 1 is 1.00 bits per heavy atom. The summed E-state index contributed by atoms with van der Waals surface area (Å²) in [4.78, 5) is 0. The van der Waals surface area contributed by atoms with E-state index in [9.17, 15) is 30.7 Å². The highest BCUT2D eigenvalue weighted by Crippen LogP contribution is 2.35. The zero-order valence-corrected chi connectivity index (χ0v) is 8.35. The molecule has 0 fully saturated rings. The van der Waals surface area contributed by atoms with Crippen molar-refractivity contribution < 1.29 is 40.2 Å². The van der Waals surface area contributed by atoms with Crippen LogP contribution < -0.4 is 9.47 Å². The van der Waals surface area contributed by atoms with Crippen molar-refractivity contribution in [1.29, 1.82) is 0 Å². The van der Waals surface area contributed by atoms with Gasteiger partial charge in [0.2, 0.25) is 0 Å². The highest BCUT2D eigenvalue weighted by molar-refractivity contribution is 5.41. The number of benzene rings is 1. The molecule has 0 aliphatic heterocycles. The van der Waals surface area contributed by atoms with Crippen molar-refractivity contribution in [2.75, 3.05) is 0 Å². The SMILES string of the molecule is FC(F)Oc1ccc(C(F)F)c(OC(F)(F)F)c1. The number of halogens is 7. The number of rotatable bonds is 4. The molecule has 0 aliphatic rings. The molecule has 0 heterocycles. The Morgan fingerprint density at radius 2 is 1.61 bits per heavy atom. The molecule has 2 nitrogen and oxygen atoms in total. The fourth-order valence-corrected chi connectivity index (χ4v) is 1.08. The van der Waals surface area contributed by atoms with Gasteiger partial charge in [-0.25, -0.2) is 8.78 Å². The lowest BCUT2D eigenvalue weighted by atomic mass is 10.2. The lowest BCUT2D eigenvalue weighted by molar-refractivity contribution is -0.275. The number of alkyl halides is 7. The third kappa shape index (κ3) is 4.30. The summed E-state index contributed by atoms with van der Waals surface area (Å²) in [6, 6.07) is 1.53. The average molecular weight is 278 g/mol. The topological polar surface area (TPSA) is 18.5 Å². The van der Waals surface area contributed by atoms with Gasteiger partial charge >= 0.3 is 13.0 Å². The highest BCUT2D eigenvalue weighted by Gasteiger charge is 2.33. The molecule has 9 heteroatoms. The first-order valence-electron chi connectivity index (χ1n) is 4.31. The van der Waals surface area contributed by atoms with Crippen LogP contribution in [0.15, 0.2) is 18.2 Å². The van der Waals surface area contributed by atoms with Crippen molar-refractivity contribution in [2.45, 2.75) is 19.4 Å². The van der Waals surface area contributed by atoms with Gasteiger partial charge in [0.15, 0.2) is 0 Å². The van der Waals surface area contributed by atoms with Crippen molar-refractivity contribution in [3.8, 4) is 11.5 Å². The second kappa shape index (κ2) is 5.32. The largest absolute Gasteiger partial charge is 0.573 e. The van der Waals surface area contributed by atoms with Gasteiger partial charge in [-0.15, -0.1) is 13.2 Å². The molecule has 0 radical (unpaired) electrons. The van der Waals surface area contributed by atoms with Crippen LogP contribution in [-0.4, -0.2) is 13.0 Å². The van der Waals surface area contributed by atoms with Gasteiger partial charge in [0, 0.05) is 6.07 Å². The Labute approximate surface area is 95.9 Å². The van der Waals surface area contributed by atoms with Gasteiger partial charge in [-0.1, -0.05) is 0 Å². The highest BCUT2D eigenvalue weighted by atomic mass is 19.4. The molecule has 0 saturated heterocycles. The van der Waals surface area contributed by atoms with Crippen molar-refractivity contribution in [1.82, 2.24) is 0 Å². The van der Waals surface area contributed by atoms with Crippen LogP contribution in [0.5, 0.6) is 11.5 Å². The quantitative estimate of drug-likeness (QED) is 0.771. The Hall–Kier alpha value is -1.67. The number of ether oxygens (including phenoxy) is 2. The summed E-state index contributed by atoms with van der Waals surface area (Å²) in [7, 11) is 0. The van der Waals surface area contributed by atoms with Crippen LogP contribution in [0.1, 0.15) is 12.0 Å². The number of hydrogen-bond acceptors (Lipinski definition) is 2. The van der Waals surface area contributed by atoms with Gasteiger partial charge < -0.3 is 9.47 Å². The van der Waals surface area contributed by atoms with Crippen molar-refractivity contribution >= 4 is 0 Å². The van der Waals surface area contributed by atoms with Gasteiger partial charge in [-0.2, -0.15) is 8.78 Å². The van der Waals surface area contributed by atoms with Crippen molar-refractivity contribution in [2.24, 2.45) is 0 Å². The molecular weight excluding hydrogens is 273 g/mol. The van der Waals surface area contributed by atoms with E-state index in [4.69, 9.17) is 0 Å². The zero-order valence-electron chi connectivity index (χ0n) is 8.35. The third-order valence-electron chi connectivity index (χ3n) is 1.67. The maximum absolute atomic E-state index is 12.4. The van der Waals surface area contributed by atoms with Gasteiger partial charge in [0.1, 0.15) is 11.5 Å². The smallest absolute Gasteiger partial charge is 0.435 e. The van der Waals surface area contributed by atoms with Crippen molar-refractivity contribution in [3.63, 3.8) is 0 Å². The zero-order chi connectivity index (χ0) is 13.9. The second-order valence-electron chi connectivity index (χ2n) is 2.93. The van der Waals surface area contributed by atoms with Gasteiger partial charge in [0.05, 0.1) is 5.56 Å². The van der Waals surface area contributed by atoms with Crippen LogP contribution in [0.3, 0.4) is 0 Å². The predicted octanol–water partition coefficient (Wildman–Crippen LogP) is 4.12. The molecule has 0 aliphatic carbocycles. The van der Waals surface area contributed by atoms with Crippen LogP contribution in [-0.2, 0) is 0 Å². The maximum Gasteiger partial charge on any atom is 0.573 e. The van der Waals surface area contributed by atoms with E-state index >= 15 is 0 Å². The van der Waals surface area contributed by atoms with Crippen LogP contribution in [0.2, 0.25) is 0 Å². The van der Waals surface area contributed by atoms with Crippen molar-refractivity contribution in [3.05, 3.63) is 23.8 Å². The lowest BCUT2D eigenvalue weighted by Crippen LogP contribution is -2.18. The first-order valence-corrected chi connectivity index (χ1v) is 4.31. The fourth-order valence-electron chi connectivity index (χ4n) is 1.08. The van der Waals surface area contributed by atoms with E-state index in [1.165, 1.54) is 0 Å². The third-order valence-corrected chi connectivity index (χ3v) is 1.67. The van der Waals surface area contributed by atoms with E-state index in [1.54, 1.807) is 0 Å². The Kier molecular flexibility index (Phi) is 4.25. The molecule has 0 amide bonds. The maximum atomic E-state index is 12.4. The molecule has 0 bridgehead atoms. The molecule has 0 spiro atoms. The van der Waals surface area contributed by atoms with Crippen LogP contribution in [0.4, 0.5) is 30.7 Å². The monoisotopic (exact) mass is 278 g/mol. The summed E-state index contributed by atoms with van der Waals surface area (Å²) in [5.74, 6) is -2.00. The van der Waals surface area contributed by atoms with E-state index < -0.39 is 36.5 Å². The van der Waals surface area contributed by atoms with E-state index in [0.717, 1.165) is 0 Å². The molecule has 18 heavy (non-hydrogen) atoms.